The Morgan fingerprint density at radius 2 is 2.00 bits per heavy atom. The number of nitrogens with one attached hydrogen (secondary N) is 2. The summed E-state index contributed by atoms with van der Waals surface area (Å²) in [5.74, 6) is 0.0200. The number of amides is 3. The van der Waals surface area contributed by atoms with Gasteiger partial charge in [0.2, 0.25) is 5.91 Å². The van der Waals surface area contributed by atoms with Gasteiger partial charge >= 0.3 is 6.03 Å². The van der Waals surface area contributed by atoms with E-state index in [-0.39, 0.29) is 11.9 Å². The van der Waals surface area contributed by atoms with Gasteiger partial charge in [-0.25, -0.2) is 4.79 Å². The van der Waals surface area contributed by atoms with Crippen LogP contribution in [0, 0.1) is 0 Å². The highest BCUT2D eigenvalue weighted by Crippen LogP contribution is 2.18. The highest BCUT2D eigenvalue weighted by Gasteiger charge is 2.22. The molecule has 1 rings (SSSR count). The fourth-order valence-corrected chi connectivity index (χ4v) is 0.969. The van der Waals surface area contributed by atoms with Gasteiger partial charge in [0.05, 0.1) is 0 Å². The third-order valence-electron chi connectivity index (χ3n) is 1.98. The van der Waals surface area contributed by atoms with Gasteiger partial charge in [0.1, 0.15) is 0 Å². The summed E-state index contributed by atoms with van der Waals surface area (Å²) in [7, 11) is 3.33. The molecule has 14 heavy (non-hydrogen) atoms. The van der Waals surface area contributed by atoms with Crippen molar-refractivity contribution < 1.29 is 9.59 Å². The van der Waals surface area contributed by atoms with E-state index in [1.165, 1.54) is 4.90 Å². The highest BCUT2D eigenvalue weighted by molar-refractivity contribution is 5.78. The first-order valence-corrected chi connectivity index (χ1v) is 4.84. The largest absolute Gasteiger partial charge is 0.353 e. The Labute approximate surface area is 83.8 Å². The number of rotatable bonds is 4. The average Bonchev–Trinajstić information content (AvgIpc) is 2.87. The van der Waals surface area contributed by atoms with Gasteiger partial charge in [-0.3, -0.25) is 4.79 Å². The Balaban J connectivity index is 2.02. The second-order valence-corrected chi connectivity index (χ2v) is 3.72. The Bertz CT molecular complexity index is 224. The van der Waals surface area contributed by atoms with Gasteiger partial charge in [-0.2, -0.15) is 0 Å². The molecule has 0 bridgehead atoms. The van der Waals surface area contributed by atoms with Gasteiger partial charge in [0, 0.05) is 33.1 Å². The molecule has 0 heterocycles. The number of urea groups is 1. The number of carbonyl (C=O) groups excluding carboxylic acids is 2. The molecule has 1 aliphatic rings. The number of nitrogens with zero attached hydrogens (tertiary/aromatic N) is 1. The maximum absolute atomic E-state index is 11.2. The molecule has 0 unspecified atom stereocenters. The first-order chi connectivity index (χ1) is 6.59. The number of hydrogen-bond acceptors (Lipinski definition) is 2. The summed E-state index contributed by atoms with van der Waals surface area (Å²) in [5, 5.41) is 5.49. The van der Waals surface area contributed by atoms with Crippen molar-refractivity contribution in [3.63, 3.8) is 0 Å². The summed E-state index contributed by atoms with van der Waals surface area (Å²) >= 11 is 0. The summed E-state index contributed by atoms with van der Waals surface area (Å²) in [5.41, 5.74) is 0. The molecule has 5 heteroatoms. The number of hydrogen-bond donors (Lipinski definition) is 2. The summed E-state index contributed by atoms with van der Waals surface area (Å²) in [6.45, 7) is 0.398. The molecule has 0 aromatic heterocycles. The van der Waals surface area contributed by atoms with Gasteiger partial charge in [0.25, 0.3) is 0 Å². The molecule has 5 nitrogen and oxygen atoms in total. The second kappa shape index (κ2) is 4.83. The Morgan fingerprint density at radius 3 is 2.50 bits per heavy atom. The SMILES string of the molecule is CN(C)C(=O)NCCC(=O)NC1CC1. The van der Waals surface area contributed by atoms with Crippen LogP contribution in [0.1, 0.15) is 19.3 Å². The number of carbonyl (C=O) groups is 2. The second-order valence-electron chi connectivity index (χ2n) is 3.72. The molecule has 2 N–H and O–H groups in total. The van der Waals surface area contributed by atoms with E-state index < -0.39 is 0 Å². The van der Waals surface area contributed by atoms with Crippen molar-refractivity contribution in [1.82, 2.24) is 15.5 Å². The lowest BCUT2D eigenvalue weighted by Gasteiger charge is -2.11. The quantitative estimate of drug-likeness (QED) is 0.665. The summed E-state index contributed by atoms with van der Waals surface area (Å²) in [6, 6.07) is 0.233. The fourth-order valence-electron chi connectivity index (χ4n) is 0.969. The molecule has 1 fully saturated rings. The van der Waals surface area contributed by atoms with Crippen molar-refractivity contribution in [3.05, 3.63) is 0 Å². The van der Waals surface area contributed by atoms with Gasteiger partial charge in [0.15, 0.2) is 0 Å². The maximum atomic E-state index is 11.2. The smallest absolute Gasteiger partial charge is 0.316 e. The lowest BCUT2D eigenvalue weighted by Crippen LogP contribution is -2.37. The lowest BCUT2D eigenvalue weighted by molar-refractivity contribution is -0.121. The highest BCUT2D eigenvalue weighted by atomic mass is 16.2. The predicted octanol–water partition coefficient (Wildman–Crippen LogP) is -0.0737. The topological polar surface area (TPSA) is 61.4 Å². The van der Waals surface area contributed by atoms with Crippen LogP contribution in [-0.4, -0.2) is 43.5 Å². The van der Waals surface area contributed by atoms with Crippen molar-refractivity contribution >= 4 is 11.9 Å². The van der Waals surface area contributed by atoms with E-state index in [1.54, 1.807) is 14.1 Å². The fraction of sp³-hybridized carbons (Fsp3) is 0.778. The minimum atomic E-state index is -0.163. The monoisotopic (exact) mass is 199 g/mol. The molecule has 1 aliphatic carbocycles. The molecular weight excluding hydrogens is 182 g/mol. The minimum Gasteiger partial charge on any atom is -0.353 e. The van der Waals surface area contributed by atoms with E-state index in [2.05, 4.69) is 10.6 Å². The first-order valence-electron chi connectivity index (χ1n) is 4.84. The molecule has 3 amide bonds. The van der Waals surface area contributed by atoms with E-state index in [9.17, 15) is 9.59 Å². The molecule has 0 spiro atoms. The summed E-state index contributed by atoms with van der Waals surface area (Å²) in [6.07, 6.45) is 2.54. The molecule has 0 aliphatic heterocycles. The van der Waals surface area contributed by atoms with Gasteiger partial charge < -0.3 is 15.5 Å². The van der Waals surface area contributed by atoms with Gasteiger partial charge in [-0.15, -0.1) is 0 Å². The van der Waals surface area contributed by atoms with Gasteiger partial charge in [-0.1, -0.05) is 0 Å². The molecule has 0 aromatic carbocycles. The molecular formula is C9H17N3O2. The predicted molar refractivity (Wildman–Crippen MR) is 52.9 cm³/mol. The van der Waals surface area contributed by atoms with Crippen LogP contribution in [-0.2, 0) is 4.79 Å². The van der Waals surface area contributed by atoms with Gasteiger partial charge in [-0.05, 0) is 12.8 Å². The van der Waals surface area contributed by atoms with Crippen molar-refractivity contribution in [2.75, 3.05) is 20.6 Å². The molecule has 0 atom stereocenters. The standard InChI is InChI=1S/C9H17N3O2/c1-12(2)9(14)10-6-5-8(13)11-7-3-4-7/h7H,3-6H2,1-2H3,(H,10,14)(H,11,13). The van der Waals surface area contributed by atoms with Crippen molar-refractivity contribution in [2.45, 2.75) is 25.3 Å². The Morgan fingerprint density at radius 1 is 1.36 bits per heavy atom. The zero-order valence-electron chi connectivity index (χ0n) is 8.67. The zero-order chi connectivity index (χ0) is 10.6. The van der Waals surface area contributed by atoms with E-state index in [0.29, 0.717) is 19.0 Å². The first kappa shape index (κ1) is 10.8. The van der Waals surface area contributed by atoms with Crippen LogP contribution in [0.25, 0.3) is 0 Å². The third kappa shape index (κ3) is 4.11. The molecule has 80 valence electrons. The van der Waals surface area contributed by atoms with Crippen LogP contribution < -0.4 is 10.6 Å². The normalized spacial score (nSPS) is 14.7. The molecule has 0 aromatic rings. The van der Waals surface area contributed by atoms with E-state index in [1.807, 2.05) is 0 Å². The van der Waals surface area contributed by atoms with E-state index in [0.717, 1.165) is 12.8 Å². The molecule has 0 radical (unpaired) electrons. The minimum absolute atomic E-state index is 0.0200. The Kier molecular flexibility index (Phi) is 3.73. The maximum Gasteiger partial charge on any atom is 0.316 e. The zero-order valence-corrected chi connectivity index (χ0v) is 8.67. The lowest BCUT2D eigenvalue weighted by atomic mass is 10.4. The van der Waals surface area contributed by atoms with Crippen molar-refractivity contribution in [2.24, 2.45) is 0 Å². The summed E-state index contributed by atoms with van der Waals surface area (Å²) in [4.78, 5) is 23.7. The molecule has 0 saturated heterocycles. The van der Waals surface area contributed by atoms with E-state index >= 15 is 0 Å². The van der Waals surface area contributed by atoms with Crippen LogP contribution in [0.3, 0.4) is 0 Å². The van der Waals surface area contributed by atoms with Crippen molar-refractivity contribution in [1.29, 1.82) is 0 Å². The Hall–Kier alpha value is -1.26. The summed E-state index contributed by atoms with van der Waals surface area (Å²) < 4.78 is 0. The van der Waals surface area contributed by atoms with Crippen LogP contribution in [0.4, 0.5) is 4.79 Å². The average molecular weight is 199 g/mol. The van der Waals surface area contributed by atoms with Crippen LogP contribution in [0.15, 0.2) is 0 Å². The third-order valence-corrected chi connectivity index (χ3v) is 1.98. The van der Waals surface area contributed by atoms with Crippen LogP contribution in [0.2, 0.25) is 0 Å². The molecule has 1 saturated carbocycles. The van der Waals surface area contributed by atoms with Crippen LogP contribution in [0.5, 0.6) is 0 Å². The van der Waals surface area contributed by atoms with E-state index in [4.69, 9.17) is 0 Å². The van der Waals surface area contributed by atoms with Crippen LogP contribution >= 0.6 is 0 Å². The van der Waals surface area contributed by atoms with Crippen molar-refractivity contribution in [3.8, 4) is 0 Å².